The molecule has 0 radical (unpaired) electrons. The van der Waals surface area contributed by atoms with Crippen LogP contribution in [0.1, 0.15) is 13.8 Å². The number of nitrogens with one attached hydrogen (secondary N) is 1. The Morgan fingerprint density at radius 1 is 1.14 bits per heavy atom. The van der Waals surface area contributed by atoms with E-state index >= 15 is 0 Å². The van der Waals surface area contributed by atoms with Crippen molar-refractivity contribution >= 4 is 22.1 Å². The Morgan fingerprint density at radius 2 is 1.95 bits per heavy atom. The van der Waals surface area contributed by atoms with E-state index in [4.69, 9.17) is 9.15 Å². The fourth-order valence-electron chi connectivity index (χ4n) is 2.50. The van der Waals surface area contributed by atoms with Gasteiger partial charge in [-0.3, -0.25) is 0 Å². The zero-order valence-corrected chi connectivity index (χ0v) is 12.4. The van der Waals surface area contributed by atoms with Gasteiger partial charge in [0.05, 0.1) is 13.1 Å². The number of quaternary nitrogens is 1. The Morgan fingerprint density at radius 3 is 2.76 bits per heavy atom. The van der Waals surface area contributed by atoms with Gasteiger partial charge in [0.15, 0.2) is 0 Å². The van der Waals surface area contributed by atoms with Gasteiger partial charge in [-0.2, -0.15) is 4.98 Å². The molecular formula is C16H20N3O2+. The highest BCUT2D eigenvalue weighted by Gasteiger charge is 2.14. The number of furan rings is 1. The molecule has 0 fully saturated rings. The second-order valence-electron chi connectivity index (χ2n) is 5.01. The summed E-state index contributed by atoms with van der Waals surface area (Å²) in [5, 5.41) is 0.995. The summed E-state index contributed by atoms with van der Waals surface area (Å²) < 4.78 is 11.7. The van der Waals surface area contributed by atoms with Crippen LogP contribution in [0.3, 0.4) is 0 Å². The highest BCUT2D eigenvalue weighted by atomic mass is 16.5. The predicted molar refractivity (Wildman–Crippen MR) is 81.7 cm³/mol. The van der Waals surface area contributed by atoms with Gasteiger partial charge in [-0.05, 0) is 26.0 Å². The van der Waals surface area contributed by atoms with E-state index in [9.17, 15) is 0 Å². The molecule has 110 valence electrons. The first kappa shape index (κ1) is 13.8. The van der Waals surface area contributed by atoms with Crippen LogP contribution >= 0.6 is 0 Å². The zero-order chi connectivity index (χ0) is 14.7. The number of rotatable bonds is 6. The van der Waals surface area contributed by atoms with Crippen LogP contribution in [0.15, 0.2) is 35.0 Å². The van der Waals surface area contributed by atoms with E-state index in [1.54, 1.807) is 0 Å². The number of aromatic nitrogens is 2. The van der Waals surface area contributed by atoms with Crippen molar-refractivity contribution in [2.75, 3.05) is 26.2 Å². The molecule has 0 aliphatic carbocycles. The van der Waals surface area contributed by atoms with E-state index in [0.717, 1.165) is 36.1 Å². The average Bonchev–Trinajstić information content (AvgIpc) is 2.91. The first-order valence-corrected chi connectivity index (χ1v) is 7.42. The standard InChI is InChI=1S/C16H19N3O2/c1-3-19(4-2)9-10-20-16-15-14(17-11-18-16)12-7-5-6-8-13(12)21-15/h5-8,11H,3-4,9-10H2,1-2H3/p+1. The molecule has 2 heterocycles. The molecular weight excluding hydrogens is 266 g/mol. The summed E-state index contributed by atoms with van der Waals surface area (Å²) in [7, 11) is 0. The van der Waals surface area contributed by atoms with Crippen molar-refractivity contribution in [3.05, 3.63) is 30.6 Å². The number of benzene rings is 1. The Hall–Kier alpha value is -2.14. The molecule has 5 heteroatoms. The van der Waals surface area contributed by atoms with Crippen molar-refractivity contribution in [1.29, 1.82) is 0 Å². The minimum absolute atomic E-state index is 0.530. The van der Waals surface area contributed by atoms with Crippen molar-refractivity contribution in [2.24, 2.45) is 0 Å². The van der Waals surface area contributed by atoms with E-state index in [0.29, 0.717) is 18.1 Å². The van der Waals surface area contributed by atoms with Crippen molar-refractivity contribution in [3.63, 3.8) is 0 Å². The summed E-state index contributed by atoms with van der Waals surface area (Å²) in [4.78, 5) is 10.0. The molecule has 0 saturated heterocycles. The van der Waals surface area contributed by atoms with Crippen LogP contribution in [0, 0.1) is 0 Å². The highest BCUT2D eigenvalue weighted by molar-refractivity contribution is 6.03. The molecule has 0 aliphatic rings. The average molecular weight is 286 g/mol. The Bertz CT molecular complexity index is 735. The molecule has 0 bridgehead atoms. The van der Waals surface area contributed by atoms with E-state index in [1.807, 2.05) is 24.3 Å². The van der Waals surface area contributed by atoms with Gasteiger partial charge in [0.2, 0.25) is 5.58 Å². The van der Waals surface area contributed by atoms with Gasteiger partial charge < -0.3 is 14.1 Å². The lowest BCUT2D eigenvalue weighted by atomic mass is 10.2. The van der Waals surface area contributed by atoms with Crippen molar-refractivity contribution in [1.82, 2.24) is 9.97 Å². The fourth-order valence-corrected chi connectivity index (χ4v) is 2.50. The van der Waals surface area contributed by atoms with Gasteiger partial charge >= 0.3 is 0 Å². The van der Waals surface area contributed by atoms with Crippen LogP contribution in [0.25, 0.3) is 22.1 Å². The Labute approximate surface area is 123 Å². The summed E-state index contributed by atoms with van der Waals surface area (Å²) >= 11 is 0. The normalized spacial score (nSPS) is 11.6. The van der Waals surface area contributed by atoms with Gasteiger partial charge in [-0.15, -0.1) is 0 Å². The van der Waals surface area contributed by atoms with Gasteiger partial charge in [-0.1, -0.05) is 12.1 Å². The monoisotopic (exact) mass is 286 g/mol. The summed E-state index contributed by atoms with van der Waals surface area (Å²) in [6.45, 7) is 8.15. The number of ether oxygens (including phenoxy) is 1. The molecule has 0 spiro atoms. The van der Waals surface area contributed by atoms with Gasteiger partial charge in [0.1, 0.15) is 30.6 Å². The first-order chi connectivity index (χ1) is 10.3. The van der Waals surface area contributed by atoms with E-state index in [1.165, 1.54) is 11.2 Å². The largest absolute Gasteiger partial charge is 0.469 e. The maximum absolute atomic E-state index is 5.84. The van der Waals surface area contributed by atoms with Crippen molar-refractivity contribution in [2.45, 2.75) is 13.8 Å². The van der Waals surface area contributed by atoms with Crippen LogP contribution in [-0.2, 0) is 0 Å². The van der Waals surface area contributed by atoms with Crippen LogP contribution in [0.2, 0.25) is 0 Å². The lowest BCUT2D eigenvalue weighted by molar-refractivity contribution is -0.896. The third-order valence-corrected chi connectivity index (χ3v) is 3.82. The maximum atomic E-state index is 5.84. The first-order valence-electron chi connectivity index (χ1n) is 7.42. The van der Waals surface area contributed by atoms with Crippen molar-refractivity contribution < 1.29 is 14.1 Å². The third kappa shape index (κ3) is 2.69. The molecule has 3 aromatic rings. The highest BCUT2D eigenvalue weighted by Crippen LogP contribution is 2.31. The molecule has 5 nitrogen and oxygen atoms in total. The van der Waals surface area contributed by atoms with Crippen LogP contribution in [0.5, 0.6) is 5.88 Å². The van der Waals surface area contributed by atoms with E-state index in [2.05, 4.69) is 23.8 Å². The number of para-hydroxylation sites is 1. The second kappa shape index (κ2) is 6.10. The van der Waals surface area contributed by atoms with Crippen LogP contribution in [0.4, 0.5) is 0 Å². The molecule has 3 rings (SSSR count). The van der Waals surface area contributed by atoms with E-state index in [-0.39, 0.29) is 0 Å². The van der Waals surface area contributed by atoms with Crippen molar-refractivity contribution in [3.8, 4) is 5.88 Å². The van der Waals surface area contributed by atoms with Gasteiger partial charge in [0.25, 0.3) is 5.88 Å². The second-order valence-corrected chi connectivity index (χ2v) is 5.01. The number of likely N-dealkylation sites (N-methyl/N-ethyl adjacent to an activating group) is 1. The number of fused-ring (bicyclic) bond motifs is 3. The molecule has 1 aromatic carbocycles. The molecule has 21 heavy (non-hydrogen) atoms. The smallest absolute Gasteiger partial charge is 0.261 e. The minimum atomic E-state index is 0.530. The Balaban J connectivity index is 1.85. The minimum Gasteiger partial charge on any atom is -0.469 e. The maximum Gasteiger partial charge on any atom is 0.261 e. The summed E-state index contributed by atoms with van der Waals surface area (Å²) in [6, 6.07) is 7.85. The molecule has 0 atom stereocenters. The summed E-state index contributed by atoms with van der Waals surface area (Å²) in [6.07, 6.45) is 1.53. The Kier molecular flexibility index (Phi) is 4.01. The molecule has 1 N–H and O–H groups in total. The van der Waals surface area contributed by atoms with Gasteiger partial charge in [-0.25, -0.2) is 4.98 Å². The quantitative estimate of drug-likeness (QED) is 0.749. The number of nitrogens with zero attached hydrogens (tertiary/aromatic N) is 2. The van der Waals surface area contributed by atoms with Crippen LogP contribution < -0.4 is 9.64 Å². The zero-order valence-electron chi connectivity index (χ0n) is 12.4. The number of hydrogen-bond acceptors (Lipinski definition) is 4. The molecule has 2 aromatic heterocycles. The lowest BCUT2D eigenvalue weighted by Gasteiger charge is -2.15. The number of hydrogen-bond donors (Lipinski definition) is 1. The SMILES string of the molecule is CC[NH+](CC)CCOc1ncnc2c1oc1ccccc12. The summed E-state index contributed by atoms with van der Waals surface area (Å²) in [5.74, 6) is 0.530. The van der Waals surface area contributed by atoms with Gasteiger partial charge in [0, 0.05) is 5.39 Å². The fraction of sp³-hybridized carbons (Fsp3) is 0.375. The molecule has 0 amide bonds. The topological polar surface area (TPSA) is 52.6 Å². The molecule has 0 unspecified atom stereocenters. The van der Waals surface area contributed by atoms with E-state index < -0.39 is 0 Å². The predicted octanol–water partition coefficient (Wildman–Crippen LogP) is 1.68. The summed E-state index contributed by atoms with van der Waals surface area (Å²) in [5.41, 5.74) is 2.26. The lowest BCUT2D eigenvalue weighted by Crippen LogP contribution is -3.12. The molecule has 0 aliphatic heterocycles. The molecule has 0 saturated carbocycles. The van der Waals surface area contributed by atoms with Crippen LogP contribution in [-0.4, -0.2) is 36.2 Å². The third-order valence-electron chi connectivity index (χ3n) is 3.82.